The van der Waals surface area contributed by atoms with Crippen LogP contribution >= 0.6 is 0 Å². The highest BCUT2D eigenvalue weighted by Gasteiger charge is 2.52. The van der Waals surface area contributed by atoms with Crippen molar-refractivity contribution in [2.45, 2.75) is 172 Å². The summed E-state index contributed by atoms with van der Waals surface area (Å²) in [7, 11) is 0. The monoisotopic (exact) mass is 981 g/mol. The molecule has 75 heavy (non-hydrogen) atoms. The van der Waals surface area contributed by atoms with Gasteiger partial charge >= 0.3 is 0 Å². The third-order valence-corrected chi connectivity index (χ3v) is 19.1. The Morgan fingerprint density at radius 2 is 0.480 bits per heavy atom. The largest absolute Gasteiger partial charge is 0.0725 e. The predicted molar refractivity (Wildman–Crippen MR) is 321 cm³/mol. The van der Waals surface area contributed by atoms with E-state index in [0.717, 1.165) is 0 Å². The molecule has 12 rings (SSSR count). The minimum atomic E-state index is -0.450. The maximum atomic E-state index is 2.65. The molecule has 4 aliphatic carbocycles. The third kappa shape index (κ3) is 8.14. The molecule has 8 aromatic carbocycles. The normalized spacial score (nSPS) is 15.0. The van der Waals surface area contributed by atoms with E-state index in [0.29, 0.717) is 0 Å². The Balaban J connectivity index is 1.00. The number of fused-ring (bicyclic) bond motifs is 16. The first-order valence-corrected chi connectivity index (χ1v) is 30.0. The van der Waals surface area contributed by atoms with Crippen molar-refractivity contribution in [2.75, 3.05) is 0 Å². The molecule has 0 aliphatic heterocycles. The fourth-order valence-corrected chi connectivity index (χ4v) is 15.5. The van der Waals surface area contributed by atoms with Crippen molar-refractivity contribution >= 4 is 0 Å². The molecule has 4 aliphatic rings. The Morgan fingerprint density at radius 1 is 0.227 bits per heavy atom. The average Bonchev–Trinajstić information content (AvgIpc) is 4.18. The zero-order valence-electron chi connectivity index (χ0n) is 45.8. The SMILES string of the molecule is CCCCCCC1(CCCCCC)c2ccccc2-c2ccc(-c3ccc4c(c3)C3(c5ccccc5-c5ccccc53)c3cc(-c5ccc6c(c5)C(CCCCCC)(CCCCCC)c5ccccc5-6)ccc3-4)cc21. The van der Waals surface area contributed by atoms with Crippen molar-refractivity contribution in [3.8, 4) is 66.8 Å². The van der Waals surface area contributed by atoms with Gasteiger partial charge in [0.15, 0.2) is 0 Å². The number of benzene rings is 8. The van der Waals surface area contributed by atoms with Gasteiger partial charge in [-0.2, -0.15) is 0 Å². The Bertz CT molecular complexity index is 3110. The van der Waals surface area contributed by atoms with Crippen molar-refractivity contribution in [2.24, 2.45) is 0 Å². The number of unbranched alkanes of at least 4 members (excludes halogenated alkanes) is 12. The van der Waals surface area contributed by atoms with Crippen molar-refractivity contribution in [1.29, 1.82) is 0 Å². The molecule has 0 nitrogen and oxygen atoms in total. The molecule has 0 heteroatoms. The lowest BCUT2D eigenvalue weighted by Crippen LogP contribution is -2.26. The van der Waals surface area contributed by atoms with Crippen LogP contribution in [0.3, 0.4) is 0 Å². The minimum Gasteiger partial charge on any atom is -0.0654 e. The number of hydrogen-bond acceptors (Lipinski definition) is 0. The van der Waals surface area contributed by atoms with Crippen LogP contribution in [0, 0.1) is 0 Å². The molecule has 8 aromatic rings. The summed E-state index contributed by atoms with van der Waals surface area (Å²) < 4.78 is 0. The van der Waals surface area contributed by atoms with Gasteiger partial charge in [0, 0.05) is 10.8 Å². The zero-order chi connectivity index (χ0) is 51.0. The van der Waals surface area contributed by atoms with Crippen LogP contribution in [0.25, 0.3) is 66.8 Å². The van der Waals surface area contributed by atoms with E-state index in [2.05, 4.69) is 198 Å². The molecule has 0 amide bonds. The Labute approximate surface area is 451 Å². The molecule has 0 N–H and O–H groups in total. The average molecular weight is 981 g/mol. The molecule has 1 spiro atoms. The lowest BCUT2D eigenvalue weighted by molar-refractivity contribution is 0.401. The third-order valence-electron chi connectivity index (χ3n) is 19.1. The van der Waals surface area contributed by atoms with Gasteiger partial charge in [-0.3, -0.25) is 0 Å². The lowest BCUT2D eigenvalue weighted by atomic mass is 9.69. The standard InChI is InChI=1S/C75H80/c1-5-9-13-25-45-73(46-26-14-10-6-2)65-33-21-17-29-57(65)61-41-37-53(49-69(61)73)55-39-43-63-64-44-40-56(52-72(64)75(71(63)51-55)67-35-23-19-31-59(67)60-32-20-24-36-68(60)75)54-38-42-62-58-30-18-22-34-66(58)74(70(62)50-54,47-27-15-11-7-3)48-28-16-12-8-4/h17-24,29-44,49-52H,5-16,25-28,45-48H2,1-4H3. The maximum Gasteiger partial charge on any atom is 0.0725 e. The van der Waals surface area contributed by atoms with Crippen LogP contribution in [0.1, 0.15) is 201 Å². The van der Waals surface area contributed by atoms with Gasteiger partial charge in [0.1, 0.15) is 0 Å². The van der Waals surface area contributed by atoms with E-state index in [1.54, 1.807) is 22.3 Å². The molecule has 0 saturated carbocycles. The van der Waals surface area contributed by atoms with Gasteiger partial charge in [0.05, 0.1) is 5.41 Å². The maximum absolute atomic E-state index is 2.65. The molecule has 0 heterocycles. The van der Waals surface area contributed by atoms with Gasteiger partial charge in [-0.1, -0.05) is 276 Å². The van der Waals surface area contributed by atoms with Gasteiger partial charge in [-0.05, 0) is 161 Å². The van der Waals surface area contributed by atoms with Crippen LogP contribution in [0.15, 0.2) is 170 Å². The van der Waals surface area contributed by atoms with E-state index in [1.807, 2.05) is 0 Å². The fraction of sp³-hybridized carbons (Fsp3) is 0.360. The molecule has 0 radical (unpaired) electrons. The van der Waals surface area contributed by atoms with Crippen LogP contribution in [-0.4, -0.2) is 0 Å². The zero-order valence-corrected chi connectivity index (χ0v) is 45.8. The first-order valence-electron chi connectivity index (χ1n) is 30.0. The molecule has 0 fully saturated rings. The predicted octanol–water partition coefficient (Wildman–Crippen LogP) is 21.8. The second kappa shape index (κ2) is 21.1. The summed E-state index contributed by atoms with van der Waals surface area (Å²) in [5, 5.41) is 0. The van der Waals surface area contributed by atoms with Crippen LogP contribution in [0.2, 0.25) is 0 Å². The van der Waals surface area contributed by atoms with Crippen LogP contribution < -0.4 is 0 Å². The first-order chi connectivity index (χ1) is 37.0. The molecule has 380 valence electrons. The van der Waals surface area contributed by atoms with Gasteiger partial charge in [-0.15, -0.1) is 0 Å². The van der Waals surface area contributed by atoms with Crippen LogP contribution in [-0.2, 0) is 16.2 Å². The highest BCUT2D eigenvalue weighted by atomic mass is 14.5. The van der Waals surface area contributed by atoms with Crippen molar-refractivity contribution in [1.82, 2.24) is 0 Å². The Kier molecular flexibility index (Phi) is 13.9. The summed E-state index contributed by atoms with van der Waals surface area (Å²) in [5.41, 5.74) is 28.2. The summed E-state index contributed by atoms with van der Waals surface area (Å²) in [6.07, 6.45) is 25.6. The van der Waals surface area contributed by atoms with Gasteiger partial charge < -0.3 is 0 Å². The van der Waals surface area contributed by atoms with Gasteiger partial charge in [0.25, 0.3) is 0 Å². The summed E-state index contributed by atoms with van der Waals surface area (Å²) >= 11 is 0. The quantitative estimate of drug-likeness (QED) is 0.0594. The smallest absolute Gasteiger partial charge is 0.0654 e. The van der Waals surface area contributed by atoms with E-state index in [4.69, 9.17) is 0 Å². The molecular formula is C75H80. The fourth-order valence-electron chi connectivity index (χ4n) is 15.5. The minimum absolute atomic E-state index is 0.0431. The number of rotatable bonds is 22. The van der Waals surface area contributed by atoms with E-state index in [-0.39, 0.29) is 10.8 Å². The highest BCUT2D eigenvalue weighted by Crippen LogP contribution is 2.64. The Morgan fingerprint density at radius 3 is 0.800 bits per heavy atom. The summed E-state index contributed by atoms with van der Waals surface area (Å²) in [6, 6.07) is 68.0. The van der Waals surface area contributed by atoms with Crippen LogP contribution in [0.5, 0.6) is 0 Å². The Hall–Kier alpha value is -6.24. The van der Waals surface area contributed by atoms with Crippen molar-refractivity contribution in [3.63, 3.8) is 0 Å². The number of hydrogen-bond donors (Lipinski definition) is 0. The lowest BCUT2D eigenvalue weighted by Gasteiger charge is -2.33. The van der Waals surface area contributed by atoms with E-state index < -0.39 is 5.41 Å². The van der Waals surface area contributed by atoms with Crippen LogP contribution in [0.4, 0.5) is 0 Å². The first kappa shape index (κ1) is 49.6. The molecule has 0 aromatic heterocycles. The summed E-state index contributed by atoms with van der Waals surface area (Å²) in [4.78, 5) is 0. The topological polar surface area (TPSA) is 0 Å². The van der Waals surface area contributed by atoms with E-state index >= 15 is 0 Å². The molecule has 0 unspecified atom stereocenters. The molecule has 0 saturated heterocycles. The van der Waals surface area contributed by atoms with E-state index in [9.17, 15) is 0 Å². The molecule has 0 bridgehead atoms. The van der Waals surface area contributed by atoms with Crippen molar-refractivity contribution < 1.29 is 0 Å². The summed E-state index contributed by atoms with van der Waals surface area (Å²) in [5.74, 6) is 0. The second-order valence-corrected chi connectivity index (χ2v) is 23.4. The van der Waals surface area contributed by atoms with E-state index in [1.165, 1.54) is 217 Å². The summed E-state index contributed by atoms with van der Waals surface area (Å²) in [6.45, 7) is 9.38. The highest BCUT2D eigenvalue weighted by molar-refractivity contribution is 5.97. The van der Waals surface area contributed by atoms with Gasteiger partial charge in [0.2, 0.25) is 0 Å². The molecule has 0 atom stereocenters. The molecular weight excluding hydrogens is 901 g/mol. The van der Waals surface area contributed by atoms with Gasteiger partial charge in [-0.25, -0.2) is 0 Å². The van der Waals surface area contributed by atoms with Crippen molar-refractivity contribution in [3.05, 3.63) is 214 Å². The second-order valence-electron chi connectivity index (χ2n) is 23.4.